The van der Waals surface area contributed by atoms with Crippen LogP contribution in [0.15, 0.2) is 0 Å². The molecule has 0 aromatic carbocycles. The first-order chi connectivity index (χ1) is 6.74. The van der Waals surface area contributed by atoms with Crippen molar-refractivity contribution in [3.63, 3.8) is 0 Å². The van der Waals surface area contributed by atoms with Gasteiger partial charge < -0.3 is 5.32 Å². The maximum Gasteiger partial charge on any atom is 0.247 e. The SMILES string of the molecule is CNCC(C)C(=O)NOC1CCCC1. The highest BCUT2D eigenvalue weighted by atomic mass is 16.7. The molecule has 0 aromatic rings. The summed E-state index contributed by atoms with van der Waals surface area (Å²) >= 11 is 0. The summed E-state index contributed by atoms with van der Waals surface area (Å²) in [5.74, 6) is -0.0762. The Hall–Kier alpha value is -0.610. The van der Waals surface area contributed by atoms with Crippen LogP contribution in [0.2, 0.25) is 0 Å². The molecule has 82 valence electrons. The Balaban J connectivity index is 2.13. The molecule has 4 nitrogen and oxygen atoms in total. The van der Waals surface area contributed by atoms with E-state index in [1.54, 1.807) is 0 Å². The fraction of sp³-hybridized carbons (Fsp3) is 0.900. The van der Waals surface area contributed by atoms with E-state index >= 15 is 0 Å². The molecule has 14 heavy (non-hydrogen) atoms. The van der Waals surface area contributed by atoms with E-state index in [0.717, 1.165) is 12.8 Å². The normalized spacial score (nSPS) is 19.6. The lowest BCUT2D eigenvalue weighted by Gasteiger charge is -2.14. The number of nitrogens with one attached hydrogen (secondary N) is 2. The quantitative estimate of drug-likeness (QED) is 0.646. The van der Waals surface area contributed by atoms with Gasteiger partial charge in [0.1, 0.15) is 0 Å². The highest BCUT2D eigenvalue weighted by Crippen LogP contribution is 2.19. The lowest BCUT2D eigenvalue weighted by Crippen LogP contribution is -2.36. The molecule has 0 heterocycles. The molecule has 1 amide bonds. The van der Waals surface area contributed by atoms with E-state index in [1.165, 1.54) is 12.8 Å². The molecule has 1 atom stereocenters. The third-order valence-corrected chi connectivity index (χ3v) is 2.59. The first kappa shape index (κ1) is 11.5. The van der Waals surface area contributed by atoms with Crippen molar-refractivity contribution >= 4 is 5.91 Å². The number of carbonyl (C=O) groups is 1. The maximum atomic E-state index is 11.4. The predicted octanol–water partition coefficient (Wildman–Crippen LogP) is 0.832. The Morgan fingerprint density at radius 1 is 1.50 bits per heavy atom. The van der Waals surface area contributed by atoms with Crippen LogP contribution < -0.4 is 10.8 Å². The fourth-order valence-corrected chi connectivity index (χ4v) is 1.65. The van der Waals surface area contributed by atoms with Crippen molar-refractivity contribution in [3.05, 3.63) is 0 Å². The summed E-state index contributed by atoms with van der Waals surface area (Å²) in [6.45, 7) is 2.56. The van der Waals surface area contributed by atoms with Gasteiger partial charge in [0.25, 0.3) is 0 Å². The van der Waals surface area contributed by atoms with Gasteiger partial charge in [-0.1, -0.05) is 19.8 Å². The molecule has 1 unspecified atom stereocenters. The van der Waals surface area contributed by atoms with Gasteiger partial charge in [0, 0.05) is 12.5 Å². The zero-order chi connectivity index (χ0) is 10.4. The Labute approximate surface area is 85.3 Å². The molecule has 0 aromatic heterocycles. The largest absolute Gasteiger partial charge is 0.319 e. The van der Waals surface area contributed by atoms with Crippen LogP contribution in [-0.4, -0.2) is 25.6 Å². The van der Waals surface area contributed by atoms with Crippen molar-refractivity contribution in [1.29, 1.82) is 0 Å². The summed E-state index contributed by atoms with van der Waals surface area (Å²) in [4.78, 5) is 16.7. The Morgan fingerprint density at radius 3 is 2.71 bits per heavy atom. The standard InChI is InChI=1S/C10H20N2O2/c1-8(7-11-2)10(13)12-14-9-5-3-4-6-9/h8-9,11H,3-7H2,1-2H3,(H,12,13). The van der Waals surface area contributed by atoms with E-state index in [9.17, 15) is 4.79 Å². The van der Waals surface area contributed by atoms with Gasteiger partial charge in [-0.25, -0.2) is 5.48 Å². The number of rotatable bonds is 5. The highest BCUT2D eigenvalue weighted by molar-refractivity contribution is 5.77. The van der Waals surface area contributed by atoms with E-state index in [4.69, 9.17) is 4.84 Å². The third-order valence-electron chi connectivity index (χ3n) is 2.59. The first-order valence-electron chi connectivity index (χ1n) is 5.34. The summed E-state index contributed by atoms with van der Waals surface area (Å²) in [5, 5.41) is 2.96. The van der Waals surface area contributed by atoms with Gasteiger partial charge in [-0.3, -0.25) is 9.63 Å². The zero-order valence-electron chi connectivity index (χ0n) is 9.01. The molecule has 1 aliphatic rings. The Bertz CT molecular complexity index is 179. The minimum atomic E-state index is -0.0404. The average molecular weight is 200 g/mol. The molecule has 1 aliphatic carbocycles. The van der Waals surface area contributed by atoms with Crippen LogP contribution in [0.25, 0.3) is 0 Å². The molecular weight excluding hydrogens is 180 g/mol. The number of hydrogen-bond acceptors (Lipinski definition) is 3. The van der Waals surface area contributed by atoms with E-state index in [-0.39, 0.29) is 17.9 Å². The highest BCUT2D eigenvalue weighted by Gasteiger charge is 2.18. The lowest BCUT2D eigenvalue weighted by molar-refractivity contribution is -0.141. The second kappa shape index (κ2) is 5.98. The summed E-state index contributed by atoms with van der Waals surface area (Å²) < 4.78 is 0. The van der Waals surface area contributed by atoms with Gasteiger partial charge >= 0.3 is 0 Å². The Kier molecular flexibility index (Phi) is 4.90. The predicted molar refractivity (Wildman–Crippen MR) is 54.6 cm³/mol. The summed E-state index contributed by atoms with van der Waals surface area (Å²) in [6, 6.07) is 0. The van der Waals surface area contributed by atoms with Gasteiger partial charge in [0.2, 0.25) is 5.91 Å². The maximum absolute atomic E-state index is 11.4. The van der Waals surface area contributed by atoms with Crippen LogP contribution in [-0.2, 0) is 9.63 Å². The van der Waals surface area contributed by atoms with Gasteiger partial charge in [-0.15, -0.1) is 0 Å². The van der Waals surface area contributed by atoms with Crippen LogP contribution in [0, 0.1) is 5.92 Å². The lowest BCUT2D eigenvalue weighted by atomic mass is 10.2. The van der Waals surface area contributed by atoms with Gasteiger partial charge in [-0.05, 0) is 19.9 Å². The molecule has 2 N–H and O–H groups in total. The molecule has 1 fully saturated rings. The molecule has 0 bridgehead atoms. The summed E-state index contributed by atoms with van der Waals surface area (Å²) in [7, 11) is 1.83. The topological polar surface area (TPSA) is 50.4 Å². The van der Waals surface area contributed by atoms with Gasteiger partial charge in [0.05, 0.1) is 6.10 Å². The molecule has 0 radical (unpaired) electrons. The van der Waals surface area contributed by atoms with Crippen LogP contribution in [0.1, 0.15) is 32.6 Å². The molecular formula is C10H20N2O2. The zero-order valence-corrected chi connectivity index (χ0v) is 9.01. The van der Waals surface area contributed by atoms with E-state index in [1.807, 2.05) is 14.0 Å². The molecule has 0 aliphatic heterocycles. The van der Waals surface area contributed by atoms with Crippen LogP contribution in [0.5, 0.6) is 0 Å². The molecule has 0 saturated heterocycles. The van der Waals surface area contributed by atoms with Crippen molar-refractivity contribution in [2.75, 3.05) is 13.6 Å². The van der Waals surface area contributed by atoms with Crippen LogP contribution in [0.4, 0.5) is 0 Å². The molecule has 1 rings (SSSR count). The number of carbonyl (C=O) groups excluding carboxylic acids is 1. The van der Waals surface area contributed by atoms with Gasteiger partial charge in [-0.2, -0.15) is 0 Å². The number of hydroxylamine groups is 1. The van der Waals surface area contributed by atoms with Crippen molar-refractivity contribution in [2.45, 2.75) is 38.7 Å². The number of amides is 1. The second-order valence-electron chi connectivity index (χ2n) is 3.95. The minimum Gasteiger partial charge on any atom is -0.319 e. The monoisotopic (exact) mass is 200 g/mol. The van der Waals surface area contributed by atoms with Gasteiger partial charge in [0.15, 0.2) is 0 Å². The number of hydrogen-bond donors (Lipinski definition) is 2. The van der Waals surface area contributed by atoms with Crippen molar-refractivity contribution in [2.24, 2.45) is 5.92 Å². The van der Waals surface area contributed by atoms with E-state index in [0.29, 0.717) is 6.54 Å². The fourth-order valence-electron chi connectivity index (χ4n) is 1.65. The van der Waals surface area contributed by atoms with Crippen molar-refractivity contribution in [1.82, 2.24) is 10.8 Å². The van der Waals surface area contributed by atoms with Crippen LogP contribution >= 0.6 is 0 Å². The first-order valence-corrected chi connectivity index (χ1v) is 5.34. The average Bonchev–Trinajstić information content (AvgIpc) is 2.67. The Morgan fingerprint density at radius 2 is 2.14 bits per heavy atom. The van der Waals surface area contributed by atoms with Crippen molar-refractivity contribution in [3.8, 4) is 0 Å². The summed E-state index contributed by atoms with van der Waals surface area (Å²) in [6.07, 6.45) is 4.81. The van der Waals surface area contributed by atoms with E-state index < -0.39 is 0 Å². The molecule has 1 saturated carbocycles. The molecule has 0 spiro atoms. The van der Waals surface area contributed by atoms with E-state index in [2.05, 4.69) is 10.8 Å². The van der Waals surface area contributed by atoms with Crippen molar-refractivity contribution < 1.29 is 9.63 Å². The minimum absolute atomic E-state index is 0.0359. The summed E-state index contributed by atoms with van der Waals surface area (Å²) in [5.41, 5.74) is 2.53. The molecule has 4 heteroatoms. The third kappa shape index (κ3) is 3.64. The second-order valence-corrected chi connectivity index (χ2v) is 3.95. The smallest absolute Gasteiger partial charge is 0.247 e. The van der Waals surface area contributed by atoms with Crippen LogP contribution in [0.3, 0.4) is 0 Å².